The lowest BCUT2D eigenvalue weighted by molar-refractivity contribution is 0.0633. The Morgan fingerprint density at radius 3 is 2.71 bits per heavy atom. The molecular formula is C16H27N3O2. The van der Waals surface area contributed by atoms with E-state index in [0.717, 1.165) is 30.9 Å². The molecule has 1 N–H and O–H groups in total. The van der Waals surface area contributed by atoms with E-state index in [1.807, 2.05) is 26.0 Å². The number of hydrogen-bond acceptors (Lipinski definition) is 4. The van der Waals surface area contributed by atoms with Gasteiger partial charge in [0.25, 0.3) is 5.91 Å². The number of ether oxygens (including phenoxy) is 1. The minimum Gasteiger partial charge on any atom is -0.383 e. The van der Waals surface area contributed by atoms with Crippen molar-refractivity contribution in [1.29, 1.82) is 0 Å². The summed E-state index contributed by atoms with van der Waals surface area (Å²) in [5.41, 5.74) is 1.60. The fraction of sp³-hybridized carbons (Fsp3) is 0.625. The van der Waals surface area contributed by atoms with Gasteiger partial charge in [-0.25, -0.2) is 4.98 Å². The second-order valence-corrected chi connectivity index (χ2v) is 5.23. The first-order valence-electron chi connectivity index (χ1n) is 7.54. The van der Waals surface area contributed by atoms with Crippen LogP contribution in [-0.4, -0.2) is 49.1 Å². The summed E-state index contributed by atoms with van der Waals surface area (Å²) in [6, 6.07) is 3.73. The molecule has 0 aliphatic rings. The van der Waals surface area contributed by atoms with Crippen molar-refractivity contribution in [2.24, 2.45) is 0 Å². The first-order valence-corrected chi connectivity index (χ1v) is 7.54. The second-order valence-electron chi connectivity index (χ2n) is 5.23. The monoisotopic (exact) mass is 293 g/mol. The summed E-state index contributed by atoms with van der Waals surface area (Å²) < 4.78 is 5.11. The molecule has 5 heteroatoms. The number of amides is 1. The number of anilines is 1. The molecule has 0 saturated heterocycles. The molecule has 0 fully saturated rings. The van der Waals surface area contributed by atoms with Crippen LogP contribution in [0.15, 0.2) is 12.1 Å². The van der Waals surface area contributed by atoms with Gasteiger partial charge in [0.2, 0.25) is 0 Å². The summed E-state index contributed by atoms with van der Waals surface area (Å²) >= 11 is 0. The Morgan fingerprint density at radius 2 is 2.14 bits per heavy atom. The largest absolute Gasteiger partial charge is 0.383 e. The van der Waals surface area contributed by atoms with Crippen molar-refractivity contribution in [3.63, 3.8) is 0 Å². The van der Waals surface area contributed by atoms with Crippen molar-refractivity contribution >= 4 is 11.7 Å². The van der Waals surface area contributed by atoms with Crippen molar-refractivity contribution in [3.8, 4) is 0 Å². The number of aromatic nitrogens is 1. The van der Waals surface area contributed by atoms with Gasteiger partial charge in [-0.3, -0.25) is 4.79 Å². The molecule has 21 heavy (non-hydrogen) atoms. The van der Waals surface area contributed by atoms with Gasteiger partial charge in [0.05, 0.1) is 12.6 Å². The normalized spacial score (nSPS) is 12.0. The Balaban J connectivity index is 2.96. The molecular weight excluding hydrogens is 266 g/mol. The van der Waals surface area contributed by atoms with E-state index in [9.17, 15) is 4.79 Å². The number of likely N-dealkylation sites (N-methyl/N-ethyl adjacent to an activating group) is 1. The van der Waals surface area contributed by atoms with E-state index < -0.39 is 0 Å². The first-order chi connectivity index (χ1) is 10.0. The number of carbonyl (C=O) groups is 1. The van der Waals surface area contributed by atoms with Crippen LogP contribution in [0, 0.1) is 0 Å². The van der Waals surface area contributed by atoms with Crippen LogP contribution < -0.4 is 5.32 Å². The van der Waals surface area contributed by atoms with Crippen LogP contribution in [0.1, 0.15) is 43.2 Å². The first kappa shape index (κ1) is 17.4. The molecule has 0 radical (unpaired) electrons. The number of nitrogens with zero attached hydrogens (tertiary/aromatic N) is 2. The van der Waals surface area contributed by atoms with Crippen molar-refractivity contribution < 1.29 is 9.53 Å². The summed E-state index contributed by atoms with van der Waals surface area (Å²) in [6.45, 7) is 7.48. The average Bonchev–Trinajstić information content (AvgIpc) is 2.51. The standard InChI is InChI=1S/C16H27N3O2/c1-6-8-17-15-10-13(9-14(7-2)18-15)16(20)19(4)12(3)11-21-5/h9-10,12H,6-8,11H2,1-5H3,(H,17,18). The quantitative estimate of drug-likeness (QED) is 0.800. The van der Waals surface area contributed by atoms with E-state index in [0.29, 0.717) is 12.2 Å². The molecule has 0 saturated carbocycles. The highest BCUT2D eigenvalue weighted by molar-refractivity contribution is 5.95. The number of hydrogen-bond donors (Lipinski definition) is 1. The molecule has 1 rings (SSSR count). The molecule has 1 unspecified atom stereocenters. The van der Waals surface area contributed by atoms with Crippen molar-refractivity contribution in [2.45, 2.75) is 39.7 Å². The molecule has 0 bridgehead atoms. The summed E-state index contributed by atoms with van der Waals surface area (Å²) in [4.78, 5) is 18.8. The van der Waals surface area contributed by atoms with Gasteiger partial charge in [0.1, 0.15) is 5.82 Å². The van der Waals surface area contributed by atoms with Crippen LogP contribution in [-0.2, 0) is 11.2 Å². The lowest BCUT2D eigenvalue weighted by Gasteiger charge is -2.24. The Morgan fingerprint density at radius 1 is 1.43 bits per heavy atom. The molecule has 1 heterocycles. The van der Waals surface area contributed by atoms with Gasteiger partial charge in [0, 0.05) is 32.0 Å². The summed E-state index contributed by atoms with van der Waals surface area (Å²) in [5.74, 6) is 0.767. The molecule has 5 nitrogen and oxygen atoms in total. The van der Waals surface area contributed by atoms with Gasteiger partial charge >= 0.3 is 0 Å². The number of rotatable bonds is 8. The SMILES string of the molecule is CCCNc1cc(C(=O)N(C)C(C)COC)cc(CC)n1. The van der Waals surface area contributed by atoms with Gasteiger partial charge in [-0.2, -0.15) is 0 Å². The lowest BCUT2D eigenvalue weighted by atomic mass is 10.1. The number of carbonyl (C=O) groups excluding carboxylic acids is 1. The van der Waals surface area contributed by atoms with Crippen LogP contribution in [0.2, 0.25) is 0 Å². The maximum Gasteiger partial charge on any atom is 0.254 e. The number of methoxy groups -OCH3 is 1. The third kappa shape index (κ3) is 5.01. The van der Waals surface area contributed by atoms with Crippen LogP contribution >= 0.6 is 0 Å². The topological polar surface area (TPSA) is 54.5 Å². The molecule has 0 aromatic carbocycles. The minimum atomic E-state index is -0.00352. The smallest absolute Gasteiger partial charge is 0.254 e. The molecule has 0 aliphatic carbocycles. The van der Waals surface area contributed by atoms with Crippen LogP contribution in [0.4, 0.5) is 5.82 Å². The van der Waals surface area contributed by atoms with Gasteiger partial charge in [0.15, 0.2) is 0 Å². The van der Waals surface area contributed by atoms with Gasteiger partial charge in [-0.1, -0.05) is 13.8 Å². The molecule has 0 aliphatic heterocycles. The van der Waals surface area contributed by atoms with E-state index >= 15 is 0 Å². The summed E-state index contributed by atoms with van der Waals surface area (Å²) in [6.07, 6.45) is 1.82. The molecule has 1 amide bonds. The highest BCUT2D eigenvalue weighted by atomic mass is 16.5. The van der Waals surface area contributed by atoms with Crippen LogP contribution in [0.3, 0.4) is 0 Å². The highest BCUT2D eigenvalue weighted by Gasteiger charge is 2.18. The summed E-state index contributed by atoms with van der Waals surface area (Å²) in [5, 5.41) is 3.25. The van der Waals surface area contributed by atoms with E-state index in [2.05, 4.69) is 17.2 Å². The Hall–Kier alpha value is -1.62. The average molecular weight is 293 g/mol. The number of aryl methyl sites for hydroxylation is 1. The molecule has 1 aromatic rings. The third-order valence-corrected chi connectivity index (χ3v) is 3.43. The van der Waals surface area contributed by atoms with E-state index in [-0.39, 0.29) is 11.9 Å². The third-order valence-electron chi connectivity index (χ3n) is 3.43. The Labute approximate surface area is 127 Å². The maximum atomic E-state index is 12.6. The lowest BCUT2D eigenvalue weighted by Crippen LogP contribution is -2.37. The van der Waals surface area contributed by atoms with Crippen molar-refractivity contribution in [3.05, 3.63) is 23.4 Å². The van der Waals surface area contributed by atoms with Crippen LogP contribution in [0.5, 0.6) is 0 Å². The summed E-state index contributed by atoms with van der Waals surface area (Å²) in [7, 11) is 3.44. The number of pyridine rings is 1. The van der Waals surface area contributed by atoms with Crippen LogP contribution in [0.25, 0.3) is 0 Å². The molecule has 118 valence electrons. The Kier molecular flexibility index (Phi) is 7.15. The predicted octanol–water partition coefficient (Wildman–Crippen LogP) is 2.57. The molecule has 0 spiro atoms. The van der Waals surface area contributed by atoms with Gasteiger partial charge in [-0.05, 0) is 31.9 Å². The fourth-order valence-corrected chi connectivity index (χ4v) is 1.99. The maximum absolute atomic E-state index is 12.6. The zero-order chi connectivity index (χ0) is 15.8. The fourth-order valence-electron chi connectivity index (χ4n) is 1.99. The predicted molar refractivity (Wildman–Crippen MR) is 85.8 cm³/mol. The van der Waals surface area contributed by atoms with E-state index in [4.69, 9.17) is 4.74 Å². The highest BCUT2D eigenvalue weighted by Crippen LogP contribution is 2.14. The Bertz CT molecular complexity index is 463. The van der Waals surface area contributed by atoms with Gasteiger partial charge < -0.3 is 15.0 Å². The van der Waals surface area contributed by atoms with Crippen molar-refractivity contribution in [1.82, 2.24) is 9.88 Å². The zero-order valence-electron chi connectivity index (χ0n) is 13.8. The van der Waals surface area contributed by atoms with E-state index in [1.54, 1.807) is 19.1 Å². The zero-order valence-corrected chi connectivity index (χ0v) is 13.8. The molecule has 1 atom stereocenters. The second kappa shape index (κ2) is 8.62. The number of nitrogens with one attached hydrogen (secondary N) is 1. The van der Waals surface area contributed by atoms with E-state index in [1.165, 1.54) is 0 Å². The van der Waals surface area contributed by atoms with Crippen molar-refractivity contribution in [2.75, 3.05) is 32.6 Å². The van der Waals surface area contributed by atoms with Gasteiger partial charge in [-0.15, -0.1) is 0 Å². The minimum absolute atomic E-state index is 0.00352. The molecule has 1 aromatic heterocycles.